The maximum atomic E-state index is 11.8. The monoisotopic (exact) mass is 259 g/mol. The van der Waals surface area contributed by atoms with Crippen LogP contribution in [0.1, 0.15) is 42.8 Å². The van der Waals surface area contributed by atoms with Gasteiger partial charge in [0.2, 0.25) is 0 Å². The number of hydrogen-bond acceptors (Lipinski definition) is 4. The van der Waals surface area contributed by atoms with Gasteiger partial charge in [-0.05, 0) is 5.56 Å². The molecular weight excluding hydrogens is 242 g/mol. The van der Waals surface area contributed by atoms with Crippen LogP contribution in [0.2, 0.25) is 0 Å². The quantitative estimate of drug-likeness (QED) is 0.860. The lowest BCUT2D eigenvalue weighted by Gasteiger charge is -2.12. The van der Waals surface area contributed by atoms with Gasteiger partial charge in [-0.2, -0.15) is 0 Å². The highest BCUT2D eigenvalue weighted by atomic mass is 16.5. The number of hydrogen-bond donors (Lipinski definition) is 1. The summed E-state index contributed by atoms with van der Waals surface area (Å²) in [6.45, 7) is 6.20. The van der Waals surface area contributed by atoms with Crippen LogP contribution in [-0.4, -0.2) is 21.2 Å². The van der Waals surface area contributed by atoms with Gasteiger partial charge in [0.1, 0.15) is 12.4 Å². The lowest BCUT2D eigenvalue weighted by atomic mass is 9.96. The summed E-state index contributed by atoms with van der Waals surface area (Å²) in [6, 6.07) is 9.50. The minimum atomic E-state index is -0.518. The largest absolute Gasteiger partial charge is 0.455 e. The normalized spacial score (nSPS) is 11.3. The van der Waals surface area contributed by atoms with E-state index in [1.54, 1.807) is 0 Å². The Morgan fingerprint density at radius 2 is 1.95 bits per heavy atom. The fourth-order valence-electron chi connectivity index (χ4n) is 1.48. The molecule has 1 N–H and O–H groups in total. The number of benzene rings is 1. The Kier molecular flexibility index (Phi) is 3.64. The van der Waals surface area contributed by atoms with Crippen molar-refractivity contribution in [3.05, 3.63) is 47.5 Å². The number of carbonyl (C=O) groups is 1. The molecule has 5 heteroatoms. The Balaban J connectivity index is 1.99. The van der Waals surface area contributed by atoms with Crippen molar-refractivity contribution >= 4 is 5.97 Å². The molecule has 0 bridgehead atoms. The average molecular weight is 259 g/mol. The van der Waals surface area contributed by atoms with Crippen molar-refractivity contribution < 1.29 is 9.53 Å². The van der Waals surface area contributed by atoms with Gasteiger partial charge in [-0.3, -0.25) is 5.10 Å². The van der Waals surface area contributed by atoms with E-state index in [9.17, 15) is 4.79 Å². The van der Waals surface area contributed by atoms with Gasteiger partial charge in [-0.25, -0.2) is 9.78 Å². The number of H-pyrrole nitrogens is 1. The van der Waals surface area contributed by atoms with Crippen LogP contribution in [0.5, 0.6) is 0 Å². The third-order valence-corrected chi connectivity index (χ3v) is 2.59. The molecule has 0 saturated carbocycles. The zero-order valence-electron chi connectivity index (χ0n) is 11.3. The third-order valence-electron chi connectivity index (χ3n) is 2.59. The summed E-state index contributed by atoms with van der Waals surface area (Å²) in [5, 5.41) is 6.65. The predicted molar refractivity (Wildman–Crippen MR) is 70.6 cm³/mol. The summed E-state index contributed by atoms with van der Waals surface area (Å²) in [6.07, 6.45) is 0. The lowest BCUT2D eigenvalue weighted by molar-refractivity contribution is 0.0458. The summed E-state index contributed by atoms with van der Waals surface area (Å²) in [5.41, 5.74) is 0.757. The fraction of sp³-hybridized carbons (Fsp3) is 0.357. The van der Waals surface area contributed by atoms with Gasteiger partial charge in [-0.15, -0.1) is 5.10 Å². The van der Waals surface area contributed by atoms with E-state index in [0.717, 1.165) is 5.56 Å². The SMILES string of the molecule is CC(C)(C)c1nc(C(=O)OCc2ccccc2)n[nH]1. The summed E-state index contributed by atoms with van der Waals surface area (Å²) in [4.78, 5) is 15.9. The first kappa shape index (κ1) is 13.3. The first-order chi connectivity index (χ1) is 8.97. The number of nitrogens with zero attached hydrogens (tertiary/aromatic N) is 2. The van der Waals surface area contributed by atoms with Gasteiger partial charge < -0.3 is 4.74 Å². The number of aromatic amines is 1. The van der Waals surface area contributed by atoms with Crippen LogP contribution in [0.4, 0.5) is 0 Å². The predicted octanol–water partition coefficient (Wildman–Crippen LogP) is 2.46. The number of ether oxygens (including phenoxy) is 1. The number of rotatable bonds is 3. The van der Waals surface area contributed by atoms with Gasteiger partial charge in [-0.1, -0.05) is 51.1 Å². The zero-order valence-corrected chi connectivity index (χ0v) is 11.3. The van der Waals surface area contributed by atoms with E-state index in [0.29, 0.717) is 5.82 Å². The molecule has 0 fully saturated rings. The first-order valence-electron chi connectivity index (χ1n) is 6.11. The molecule has 0 aliphatic heterocycles. The van der Waals surface area contributed by atoms with Crippen LogP contribution >= 0.6 is 0 Å². The molecule has 2 aromatic rings. The third kappa shape index (κ3) is 3.40. The van der Waals surface area contributed by atoms with Crippen LogP contribution in [0.25, 0.3) is 0 Å². The highest BCUT2D eigenvalue weighted by Gasteiger charge is 2.21. The average Bonchev–Trinajstić information content (AvgIpc) is 2.87. The van der Waals surface area contributed by atoms with Crippen molar-refractivity contribution in [1.29, 1.82) is 0 Å². The molecule has 0 amide bonds. The van der Waals surface area contributed by atoms with Crippen molar-refractivity contribution in [3.8, 4) is 0 Å². The molecule has 2 rings (SSSR count). The molecule has 0 aliphatic carbocycles. The van der Waals surface area contributed by atoms with Crippen molar-refractivity contribution in [2.45, 2.75) is 32.8 Å². The van der Waals surface area contributed by atoms with Crippen molar-refractivity contribution in [3.63, 3.8) is 0 Å². The Bertz CT molecular complexity index is 556. The zero-order chi connectivity index (χ0) is 13.9. The molecule has 1 heterocycles. The second kappa shape index (κ2) is 5.22. The molecule has 5 nitrogen and oxygen atoms in total. The number of carbonyl (C=O) groups excluding carboxylic acids is 1. The van der Waals surface area contributed by atoms with Gasteiger partial charge in [0, 0.05) is 5.41 Å². The van der Waals surface area contributed by atoms with Gasteiger partial charge >= 0.3 is 5.97 Å². The Morgan fingerprint density at radius 3 is 2.53 bits per heavy atom. The summed E-state index contributed by atoms with van der Waals surface area (Å²) in [7, 11) is 0. The summed E-state index contributed by atoms with van der Waals surface area (Å²) >= 11 is 0. The second-order valence-electron chi connectivity index (χ2n) is 5.32. The first-order valence-corrected chi connectivity index (χ1v) is 6.11. The number of nitrogens with one attached hydrogen (secondary N) is 1. The fourth-order valence-corrected chi connectivity index (χ4v) is 1.48. The molecule has 0 saturated heterocycles. The van der Waals surface area contributed by atoms with E-state index in [1.165, 1.54) is 0 Å². The Morgan fingerprint density at radius 1 is 1.26 bits per heavy atom. The minimum absolute atomic E-state index is 0.0702. The molecule has 0 atom stereocenters. The van der Waals surface area contributed by atoms with Gasteiger partial charge in [0.25, 0.3) is 5.82 Å². The van der Waals surface area contributed by atoms with Crippen LogP contribution in [0.15, 0.2) is 30.3 Å². The second-order valence-corrected chi connectivity index (χ2v) is 5.32. The standard InChI is InChI=1S/C14H17N3O2/c1-14(2,3)13-15-11(16-17-13)12(18)19-9-10-7-5-4-6-8-10/h4-8H,9H2,1-3H3,(H,15,16,17). The van der Waals surface area contributed by atoms with Crippen molar-refractivity contribution in [2.24, 2.45) is 0 Å². The van der Waals surface area contributed by atoms with Crippen molar-refractivity contribution in [2.75, 3.05) is 0 Å². The van der Waals surface area contributed by atoms with Crippen LogP contribution in [-0.2, 0) is 16.8 Å². The maximum absolute atomic E-state index is 11.8. The number of esters is 1. The summed E-state index contributed by atoms with van der Waals surface area (Å²) < 4.78 is 5.16. The van der Waals surface area contributed by atoms with Crippen LogP contribution in [0, 0.1) is 0 Å². The topological polar surface area (TPSA) is 67.9 Å². The molecule has 0 unspecified atom stereocenters. The molecular formula is C14H17N3O2. The summed E-state index contributed by atoms with van der Waals surface area (Å²) in [5.74, 6) is 0.218. The van der Waals surface area contributed by atoms with E-state index in [4.69, 9.17) is 4.74 Å². The molecule has 1 aromatic heterocycles. The van der Waals surface area contributed by atoms with E-state index in [-0.39, 0.29) is 17.8 Å². The molecule has 0 spiro atoms. The van der Waals surface area contributed by atoms with E-state index < -0.39 is 5.97 Å². The smallest absolute Gasteiger partial charge is 0.378 e. The van der Waals surface area contributed by atoms with E-state index >= 15 is 0 Å². The van der Waals surface area contributed by atoms with E-state index in [2.05, 4.69) is 15.2 Å². The molecule has 0 radical (unpaired) electrons. The Hall–Kier alpha value is -2.17. The molecule has 19 heavy (non-hydrogen) atoms. The minimum Gasteiger partial charge on any atom is -0.455 e. The molecule has 1 aromatic carbocycles. The molecule has 0 aliphatic rings. The van der Waals surface area contributed by atoms with Crippen LogP contribution in [0.3, 0.4) is 0 Å². The van der Waals surface area contributed by atoms with E-state index in [1.807, 2.05) is 51.1 Å². The van der Waals surface area contributed by atoms with Gasteiger partial charge in [0.05, 0.1) is 0 Å². The highest BCUT2D eigenvalue weighted by molar-refractivity contribution is 5.84. The highest BCUT2D eigenvalue weighted by Crippen LogP contribution is 2.17. The van der Waals surface area contributed by atoms with Crippen LogP contribution < -0.4 is 0 Å². The lowest BCUT2D eigenvalue weighted by Crippen LogP contribution is -2.14. The number of aromatic nitrogens is 3. The molecule has 100 valence electrons. The van der Waals surface area contributed by atoms with Crippen molar-refractivity contribution in [1.82, 2.24) is 15.2 Å². The maximum Gasteiger partial charge on any atom is 0.378 e. The van der Waals surface area contributed by atoms with Gasteiger partial charge in [0.15, 0.2) is 0 Å². The Labute approximate surface area is 112 Å².